The smallest absolute Gasteiger partial charge is 0.246 e. The van der Waals surface area contributed by atoms with Gasteiger partial charge in [-0.2, -0.15) is 10.4 Å². The fraction of sp³-hybridized carbons (Fsp3) is 0.148. The van der Waals surface area contributed by atoms with Gasteiger partial charge in [0.1, 0.15) is 6.04 Å². The number of hydrogen-bond acceptors (Lipinski definition) is 4. The van der Waals surface area contributed by atoms with Crippen LogP contribution in [0.4, 0.5) is 5.69 Å². The summed E-state index contributed by atoms with van der Waals surface area (Å²) in [5, 5.41) is 22.2. The predicted octanol–water partition coefficient (Wildman–Crippen LogP) is 5.02. The van der Waals surface area contributed by atoms with Crippen LogP contribution in [0.1, 0.15) is 35.6 Å². The zero-order valence-electron chi connectivity index (χ0n) is 18.3. The lowest BCUT2D eigenvalue weighted by Gasteiger charge is -2.22. The summed E-state index contributed by atoms with van der Waals surface area (Å²) in [6, 6.07) is 26.6. The number of nitrogens with zero attached hydrogens (tertiary/aromatic N) is 2. The topological polar surface area (TPSA) is 93.6 Å². The molecule has 3 aromatic carbocycles. The van der Waals surface area contributed by atoms with Gasteiger partial charge < -0.3 is 10.6 Å². The van der Waals surface area contributed by atoms with Crippen molar-refractivity contribution in [1.82, 2.24) is 15.5 Å². The Bertz CT molecular complexity index is 1210. The summed E-state index contributed by atoms with van der Waals surface area (Å²) in [7, 11) is 0. The molecule has 2 atom stereocenters. The lowest BCUT2D eigenvalue weighted by atomic mass is 9.98. The first-order chi connectivity index (χ1) is 16.1. The van der Waals surface area contributed by atoms with Crippen LogP contribution in [0, 0.1) is 11.3 Å². The number of amides is 1. The third-order valence-corrected chi connectivity index (χ3v) is 5.62. The minimum atomic E-state index is -0.499. The minimum Gasteiger partial charge on any atom is -0.324 e. The van der Waals surface area contributed by atoms with Crippen molar-refractivity contribution in [1.29, 1.82) is 5.26 Å². The SMILES string of the molecule is CC(CNC(C(=O)Nc1ccc(-c2cn[nH]c2)cc1)c1ccccc1)c1ccc(C#N)cc1. The summed E-state index contributed by atoms with van der Waals surface area (Å²) in [4.78, 5) is 13.2. The number of nitrogens with one attached hydrogen (secondary N) is 3. The molecule has 6 heteroatoms. The molecule has 33 heavy (non-hydrogen) atoms. The molecular weight excluding hydrogens is 410 g/mol. The fourth-order valence-corrected chi connectivity index (χ4v) is 3.68. The molecule has 4 aromatic rings. The van der Waals surface area contributed by atoms with Gasteiger partial charge >= 0.3 is 0 Å². The molecule has 0 aliphatic rings. The van der Waals surface area contributed by atoms with Crippen LogP contribution in [0.3, 0.4) is 0 Å². The van der Waals surface area contributed by atoms with E-state index in [-0.39, 0.29) is 11.8 Å². The molecule has 0 bridgehead atoms. The number of H-pyrrole nitrogens is 1. The summed E-state index contributed by atoms with van der Waals surface area (Å²) in [5.41, 5.74) is 5.40. The van der Waals surface area contributed by atoms with E-state index >= 15 is 0 Å². The van der Waals surface area contributed by atoms with Gasteiger partial charge in [-0.1, -0.05) is 61.5 Å². The van der Waals surface area contributed by atoms with Gasteiger partial charge in [-0.05, 0) is 46.9 Å². The van der Waals surface area contributed by atoms with E-state index < -0.39 is 6.04 Å². The van der Waals surface area contributed by atoms with Gasteiger partial charge in [0, 0.05) is 24.0 Å². The highest BCUT2D eigenvalue weighted by Crippen LogP contribution is 2.22. The van der Waals surface area contributed by atoms with Gasteiger partial charge in [0.25, 0.3) is 0 Å². The molecule has 164 valence electrons. The highest BCUT2D eigenvalue weighted by Gasteiger charge is 2.21. The first-order valence-electron chi connectivity index (χ1n) is 10.8. The number of benzene rings is 3. The average Bonchev–Trinajstić information content (AvgIpc) is 3.40. The number of carbonyl (C=O) groups is 1. The lowest BCUT2D eigenvalue weighted by molar-refractivity contribution is -0.118. The van der Waals surface area contributed by atoms with Crippen LogP contribution in [0.2, 0.25) is 0 Å². The van der Waals surface area contributed by atoms with Crippen molar-refractivity contribution in [2.45, 2.75) is 18.9 Å². The zero-order valence-corrected chi connectivity index (χ0v) is 18.3. The average molecular weight is 436 g/mol. The maximum absolute atomic E-state index is 13.2. The van der Waals surface area contributed by atoms with E-state index in [0.717, 1.165) is 27.9 Å². The van der Waals surface area contributed by atoms with E-state index in [2.05, 4.69) is 33.8 Å². The van der Waals surface area contributed by atoms with Crippen molar-refractivity contribution < 1.29 is 4.79 Å². The second kappa shape index (κ2) is 10.4. The molecule has 0 saturated heterocycles. The Morgan fingerprint density at radius 2 is 1.70 bits per heavy atom. The molecule has 0 aliphatic carbocycles. The standard InChI is InChI=1S/C27H25N5O/c1-19(21-9-7-20(15-28)8-10-21)16-29-26(23-5-3-2-4-6-23)27(33)32-25-13-11-22(12-14-25)24-17-30-31-18-24/h2-14,17-19,26,29H,16H2,1H3,(H,30,31)(H,32,33). The molecule has 1 heterocycles. The molecular formula is C27H25N5O. The maximum Gasteiger partial charge on any atom is 0.246 e. The third kappa shape index (κ3) is 5.53. The van der Waals surface area contributed by atoms with Crippen LogP contribution in [0.5, 0.6) is 0 Å². The van der Waals surface area contributed by atoms with Crippen molar-refractivity contribution in [2.75, 3.05) is 11.9 Å². The number of anilines is 1. The number of carbonyl (C=O) groups excluding carboxylic acids is 1. The maximum atomic E-state index is 13.2. The highest BCUT2D eigenvalue weighted by molar-refractivity contribution is 5.95. The van der Waals surface area contributed by atoms with Gasteiger partial charge in [0.05, 0.1) is 17.8 Å². The number of aromatic amines is 1. The largest absolute Gasteiger partial charge is 0.324 e. The minimum absolute atomic E-state index is 0.121. The van der Waals surface area contributed by atoms with Crippen molar-refractivity contribution in [3.05, 3.63) is 108 Å². The molecule has 2 unspecified atom stereocenters. The summed E-state index contributed by atoms with van der Waals surface area (Å²) in [5.74, 6) is 0.0512. The molecule has 0 fully saturated rings. The molecule has 0 radical (unpaired) electrons. The third-order valence-electron chi connectivity index (χ3n) is 5.62. The van der Waals surface area contributed by atoms with Crippen LogP contribution in [-0.4, -0.2) is 22.6 Å². The van der Waals surface area contributed by atoms with Crippen molar-refractivity contribution in [3.63, 3.8) is 0 Å². The van der Waals surface area contributed by atoms with E-state index in [0.29, 0.717) is 12.1 Å². The molecule has 4 rings (SSSR count). The normalized spacial score (nSPS) is 12.5. The Kier molecular flexibility index (Phi) is 6.93. The highest BCUT2D eigenvalue weighted by atomic mass is 16.2. The Hall–Kier alpha value is -4.21. The second-order valence-corrected chi connectivity index (χ2v) is 7.94. The molecule has 0 spiro atoms. The zero-order chi connectivity index (χ0) is 23.0. The van der Waals surface area contributed by atoms with E-state index in [4.69, 9.17) is 5.26 Å². The fourth-order valence-electron chi connectivity index (χ4n) is 3.68. The number of nitriles is 1. The van der Waals surface area contributed by atoms with Crippen molar-refractivity contribution in [3.8, 4) is 17.2 Å². The Morgan fingerprint density at radius 3 is 2.33 bits per heavy atom. The molecule has 0 aliphatic heterocycles. The summed E-state index contributed by atoms with van der Waals surface area (Å²) >= 11 is 0. The Labute approximate surface area is 193 Å². The molecule has 0 saturated carbocycles. The van der Waals surface area contributed by atoms with Crippen LogP contribution in [0.25, 0.3) is 11.1 Å². The summed E-state index contributed by atoms with van der Waals surface area (Å²) in [6.07, 6.45) is 3.59. The monoisotopic (exact) mass is 435 g/mol. The second-order valence-electron chi connectivity index (χ2n) is 7.94. The van der Waals surface area contributed by atoms with E-state index in [1.807, 2.05) is 85.1 Å². The number of hydrogen-bond donors (Lipinski definition) is 3. The lowest BCUT2D eigenvalue weighted by Crippen LogP contribution is -2.35. The van der Waals surface area contributed by atoms with Gasteiger partial charge in [0.2, 0.25) is 5.91 Å². The number of rotatable bonds is 8. The molecule has 1 aromatic heterocycles. The van der Waals surface area contributed by atoms with E-state index in [1.54, 1.807) is 6.20 Å². The first kappa shape index (κ1) is 22.0. The Morgan fingerprint density at radius 1 is 0.970 bits per heavy atom. The predicted molar refractivity (Wildman–Crippen MR) is 129 cm³/mol. The quantitative estimate of drug-likeness (QED) is 0.362. The van der Waals surface area contributed by atoms with Gasteiger partial charge in [-0.3, -0.25) is 9.89 Å². The van der Waals surface area contributed by atoms with Crippen LogP contribution >= 0.6 is 0 Å². The van der Waals surface area contributed by atoms with Crippen LogP contribution in [0.15, 0.2) is 91.3 Å². The Balaban J connectivity index is 1.46. The van der Waals surface area contributed by atoms with Crippen LogP contribution < -0.4 is 10.6 Å². The van der Waals surface area contributed by atoms with E-state index in [1.165, 1.54) is 0 Å². The summed E-state index contributed by atoms with van der Waals surface area (Å²) in [6.45, 7) is 2.71. The van der Waals surface area contributed by atoms with Gasteiger partial charge in [0.15, 0.2) is 0 Å². The van der Waals surface area contributed by atoms with Gasteiger partial charge in [-0.25, -0.2) is 0 Å². The molecule has 1 amide bonds. The van der Waals surface area contributed by atoms with Gasteiger partial charge in [-0.15, -0.1) is 0 Å². The van der Waals surface area contributed by atoms with Crippen molar-refractivity contribution >= 4 is 11.6 Å². The first-order valence-corrected chi connectivity index (χ1v) is 10.8. The van der Waals surface area contributed by atoms with E-state index in [9.17, 15) is 4.79 Å². The number of aromatic nitrogens is 2. The van der Waals surface area contributed by atoms with Crippen molar-refractivity contribution in [2.24, 2.45) is 0 Å². The van der Waals surface area contributed by atoms with Crippen LogP contribution in [-0.2, 0) is 4.79 Å². The summed E-state index contributed by atoms with van der Waals surface area (Å²) < 4.78 is 0. The molecule has 3 N–H and O–H groups in total. The molecule has 6 nitrogen and oxygen atoms in total.